The number of likely N-dealkylation sites (tertiary alicyclic amines) is 1. The highest BCUT2D eigenvalue weighted by molar-refractivity contribution is 5.95. The quantitative estimate of drug-likeness (QED) is 0.281. The molecule has 3 unspecified atom stereocenters. The van der Waals surface area contributed by atoms with Gasteiger partial charge in [-0.15, -0.1) is 0 Å². The number of nitrogens with one attached hydrogen (secondary N) is 3. The number of carbonyl (C=O) groups excluding carboxylic acids is 4. The molecule has 3 aliphatic carbocycles. The van der Waals surface area contributed by atoms with Crippen molar-refractivity contribution in [3.05, 3.63) is 0 Å². The number of nitrogens with zero attached hydrogens (tertiary/aromatic N) is 1. The van der Waals surface area contributed by atoms with Crippen LogP contribution < -0.4 is 16.0 Å². The Morgan fingerprint density at radius 3 is 2.02 bits per heavy atom. The van der Waals surface area contributed by atoms with Crippen LogP contribution in [0.15, 0.2) is 0 Å². The lowest BCUT2D eigenvalue weighted by Gasteiger charge is -2.41. The van der Waals surface area contributed by atoms with Crippen molar-refractivity contribution in [1.82, 2.24) is 20.9 Å². The zero-order valence-electron chi connectivity index (χ0n) is 29.4. The van der Waals surface area contributed by atoms with Crippen LogP contribution in [0.3, 0.4) is 0 Å². The third kappa shape index (κ3) is 11.2. The number of hydrogen-bond donors (Lipinski definition) is 3. The predicted molar refractivity (Wildman–Crippen MR) is 186 cm³/mol. The van der Waals surface area contributed by atoms with Crippen LogP contribution in [0, 0.1) is 29.6 Å². The zero-order chi connectivity index (χ0) is 32.8. The molecule has 5 aliphatic rings. The van der Waals surface area contributed by atoms with Crippen LogP contribution in [0.5, 0.6) is 0 Å². The summed E-state index contributed by atoms with van der Waals surface area (Å²) >= 11 is 0. The maximum absolute atomic E-state index is 14.0. The van der Waals surface area contributed by atoms with E-state index in [4.69, 9.17) is 0 Å². The first-order valence-electron chi connectivity index (χ1n) is 20.1. The number of rotatable bonds is 7. The zero-order valence-corrected chi connectivity index (χ0v) is 29.4. The molecule has 2 aliphatic heterocycles. The van der Waals surface area contributed by atoms with Crippen molar-refractivity contribution in [3.63, 3.8) is 0 Å². The Kier molecular flexibility index (Phi) is 14.7. The van der Waals surface area contributed by atoms with E-state index in [0.29, 0.717) is 43.8 Å². The van der Waals surface area contributed by atoms with Crippen molar-refractivity contribution in [2.24, 2.45) is 29.6 Å². The van der Waals surface area contributed by atoms with Crippen molar-refractivity contribution in [2.75, 3.05) is 19.6 Å². The summed E-state index contributed by atoms with van der Waals surface area (Å²) in [5.74, 6) is 1.79. The minimum absolute atomic E-state index is 0.0484. The molecule has 0 aromatic carbocycles. The number of hydrogen-bond acceptors (Lipinski definition) is 4. The summed E-state index contributed by atoms with van der Waals surface area (Å²) in [6.45, 7) is 2.10. The molecule has 0 bridgehead atoms. The third-order valence-electron chi connectivity index (χ3n) is 12.6. The molecule has 3 saturated carbocycles. The van der Waals surface area contributed by atoms with Gasteiger partial charge in [0.25, 0.3) is 0 Å². The molecule has 5 fully saturated rings. The van der Waals surface area contributed by atoms with Gasteiger partial charge in [0.15, 0.2) is 0 Å². The van der Waals surface area contributed by atoms with Gasteiger partial charge in [0.1, 0.15) is 12.1 Å². The first-order chi connectivity index (χ1) is 23.0. The second-order valence-electron chi connectivity index (χ2n) is 16.0. The summed E-state index contributed by atoms with van der Waals surface area (Å²) in [6.07, 6.45) is 26.9. The summed E-state index contributed by atoms with van der Waals surface area (Å²) in [6, 6.07) is -1.62. The van der Waals surface area contributed by atoms with Gasteiger partial charge in [-0.05, 0) is 68.6 Å². The van der Waals surface area contributed by atoms with Gasteiger partial charge < -0.3 is 20.9 Å². The third-order valence-corrected chi connectivity index (χ3v) is 12.6. The second-order valence-corrected chi connectivity index (χ2v) is 16.0. The summed E-state index contributed by atoms with van der Waals surface area (Å²) in [4.78, 5) is 56.9. The molecule has 0 radical (unpaired) electrons. The SMILES string of the molecule is O=C1N[C@@H](CC(=O)N2CCCC2)C(=O)N[C@H](C(=O)NCC2CCCC3CCCCC32)CCCCCCCCC[C@H]1CC1CCCCC1. The van der Waals surface area contributed by atoms with Gasteiger partial charge in [0.2, 0.25) is 23.6 Å². The highest BCUT2D eigenvalue weighted by Crippen LogP contribution is 2.43. The lowest BCUT2D eigenvalue weighted by Crippen LogP contribution is -2.56. The molecule has 2 heterocycles. The number of fused-ring (bicyclic) bond motifs is 1. The molecule has 266 valence electrons. The average molecular weight is 655 g/mol. The molecule has 0 aromatic rings. The van der Waals surface area contributed by atoms with Gasteiger partial charge >= 0.3 is 0 Å². The number of amides is 4. The molecule has 2 saturated heterocycles. The van der Waals surface area contributed by atoms with Gasteiger partial charge in [0.05, 0.1) is 6.42 Å². The molecular formula is C39H66N4O4. The van der Waals surface area contributed by atoms with Crippen molar-refractivity contribution in [1.29, 1.82) is 0 Å². The fourth-order valence-corrected chi connectivity index (χ4v) is 9.79. The van der Waals surface area contributed by atoms with E-state index < -0.39 is 12.1 Å². The van der Waals surface area contributed by atoms with Crippen LogP contribution in [-0.4, -0.2) is 60.2 Å². The van der Waals surface area contributed by atoms with E-state index in [9.17, 15) is 19.2 Å². The Hall–Kier alpha value is -2.12. The Morgan fingerprint density at radius 1 is 0.638 bits per heavy atom. The van der Waals surface area contributed by atoms with Crippen LogP contribution in [0.1, 0.15) is 161 Å². The second kappa shape index (κ2) is 19.2. The Balaban J connectivity index is 1.28. The highest BCUT2D eigenvalue weighted by Gasteiger charge is 2.36. The molecule has 3 N–H and O–H groups in total. The van der Waals surface area contributed by atoms with Crippen molar-refractivity contribution >= 4 is 23.6 Å². The van der Waals surface area contributed by atoms with Crippen LogP contribution in [-0.2, 0) is 19.2 Å². The van der Waals surface area contributed by atoms with Crippen LogP contribution >= 0.6 is 0 Å². The van der Waals surface area contributed by atoms with Crippen molar-refractivity contribution in [3.8, 4) is 0 Å². The Bertz CT molecular complexity index is 1000. The van der Waals surface area contributed by atoms with E-state index in [1.54, 1.807) is 0 Å². The first-order valence-corrected chi connectivity index (χ1v) is 20.1. The van der Waals surface area contributed by atoms with E-state index >= 15 is 0 Å². The van der Waals surface area contributed by atoms with E-state index in [-0.39, 0.29) is 36.0 Å². The monoisotopic (exact) mass is 655 g/mol. The Labute approximate surface area is 285 Å². The lowest BCUT2D eigenvalue weighted by molar-refractivity contribution is -0.137. The van der Waals surface area contributed by atoms with Gasteiger partial charge in [-0.1, -0.05) is 109 Å². The van der Waals surface area contributed by atoms with Crippen molar-refractivity contribution in [2.45, 2.75) is 173 Å². The summed E-state index contributed by atoms with van der Waals surface area (Å²) in [7, 11) is 0. The summed E-state index contributed by atoms with van der Waals surface area (Å²) in [5, 5.41) is 9.43. The molecule has 0 spiro atoms. The van der Waals surface area contributed by atoms with E-state index in [1.807, 2.05) is 4.90 Å². The van der Waals surface area contributed by atoms with E-state index in [1.165, 1.54) is 89.9 Å². The molecule has 8 heteroatoms. The van der Waals surface area contributed by atoms with Crippen LogP contribution in [0.4, 0.5) is 0 Å². The average Bonchev–Trinajstić information content (AvgIpc) is 3.64. The summed E-state index contributed by atoms with van der Waals surface area (Å²) < 4.78 is 0. The van der Waals surface area contributed by atoms with Gasteiger partial charge in [-0.25, -0.2) is 0 Å². The lowest BCUT2D eigenvalue weighted by atomic mass is 9.65. The van der Waals surface area contributed by atoms with E-state index in [2.05, 4.69) is 16.0 Å². The molecule has 0 aromatic heterocycles. The van der Waals surface area contributed by atoms with Gasteiger partial charge in [-0.2, -0.15) is 0 Å². The molecule has 47 heavy (non-hydrogen) atoms. The van der Waals surface area contributed by atoms with Crippen LogP contribution in [0.2, 0.25) is 0 Å². The normalized spacial score (nSPS) is 32.6. The maximum atomic E-state index is 14.0. The number of carbonyl (C=O) groups is 4. The van der Waals surface area contributed by atoms with Crippen molar-refractivity contribution < 1.29 is 19.2 Å². The van der Waals surface area contributed by atoms with E-state index in [0.717, 1.165) is 63.7 Å². The maximum Gasteiger partial charge on any atom is 0.243 e. The summed E-state index contributed by atoms with van der Waals surface area (Å²) in [5.41, 5.74) is 0. The molecule has 6 atom stereocenters. The Morgan fingerprint density at radius 2 is 1.26 bits per heavy atom. The highest BCUT2D eigenvalue weighted by atomic mass is 16.2. The van der Waals surface area contributed by atoms with Gasteiger partial charge in [-0.3, -0.25) is 19.2 Å². The minimum Gasteiger partial charge on any atom is -0.354 e. The minimum atomic E-state index is -0.964. The molecule has 8 nitrogen and oxygen atoms in total. The predicted octanol–water partition coefficient (Wildman–Crippen LogP) is 6.80. The smallest absolute Gasteiger partial charge is 0.243 e. The van der Waals surface area contributed by atoms with Gasteiger partial charge in [0, 0.05) is 25.6 Å². The topological polar surface area (TPSA) is 108 Å². The fraction of sp³-hybridized carbons (Fsp3) is 0.897. The molecule has 5 rings (SSSR count). The first kappa shape index (κ1) is 36.2. The largest absolute Gasteiger partial charge is 0.354 e. The molecule has 4 amide bonds. The van der Waals surface area contributed by atoms with Crippen LogP contribution in [0.25, 0.3) is 0 Å². The standard InChI is InChI=1S/C39H66N4O4/c44-36(43-24-13-14-25-43)27-35-39(47)41-34(38(46)40-28-32-21-15-20-30-18-11-12-22-33(30)32)23-10-5-3-1-2-4-9-19-31(37(45)42-35)26-29-16-7-6-8-17-29/h29-35H,1-28H2,(H,40,46)(H,41,47)(H,42,45)/t30?,31-,32?,33?,34-,35-/m0/s1. The molecular weight excluding hydrogens is 588 g/mol. The fourth-order valence-electron chi connectivity index (χ4n) is 9.79.